The number of benzene rings is 1. The van der Waals surface area contributed by atoms with Crippen molar-refractivity contribution in [3.63, 3.8) is 0 Å². The van der Waals surface area contributed by atoms with E-state index < -0.39 is 0 Å². The summed E-state index contributed by atoms with van der Waals surface area (Å²) in [4.78, 5) is 16.7. The maximum Gasteiger partial charge on any atom is 0.305 e. The first-order valence-corrected chi connectivity index (χ1v) is 7.47. The van der Waals surface area contributed by atoms with Gasteiger partial charge < -0.3 is 9.88 Å². The van der Waals surface area contributed by atoms with Crippen molar-refractivity contribution in [2.75, 3.05) is 19.6 Å². The third-order valence-electron chi connectivity index (χ3n) is 3.62. The molecule has 0 aliphatic carbocycles. The average Bonchev–Trinajstić information content (AvgIpc) is 2.96. The molecule has 1 aliphatic heterocycles. The zero-order chi connectivity index (χ0) is 12.4. The molecule has 1 N–H and O–H groups in total. The lowest BCUT2D eigenvalue weighted by Crippen LogP contribution is -2.20. The molecule has 3 rings (SSSR count). The predicted molar refractivity (Wildman–Crippen MR) is 76.4 cm³/mol. The largest absolute Gasteiger partial charge is 0.312 e. The molecule has 1 saturated heterocycles. The quantitative estimate of drug-likeness (QED) is 0.919. The predicted octanol–water partition coefficient (Wildman–Crippen LogP) is 2.62. The van der Waals surface area contributed by atoms with Gasteiger partial charge in [-0.2, -0.15) is 0 Å². The van der Waals surface area contributed by atoms with E-state index in [4.69, 9.17) is 0 Å². The van der Waals surface area contributed by atoms with Gasteiger partial charge in [-0.05, 0) is 63.0 Å². The second-order valence-electron chi connectivity index (χ2n) is 5.00. The van der Waals surface area contributed by atoms with Crippen LogP contribution in [0.1, 0.15) is 24.8 Å². The smallest absolute Gasteiger partial charge is 0.305 e. The molecule has 4 heteroatoms. The van der Waals surface area contributed by atoms with Gasteiger partial charge in [-0.25, -0.2) is 0 Å². The van der Waals surface area contributed by atoms with E-state index in [1.165, 1.54) is 55.8 Å². The number of aryl methyl sites for hydroxylation is 1. The molecule has 1 aromatic heterocycles. The molecular formula is C14H18N2OS. The molecule has 0 saturated carbocycles. The minimum Gasteiger partial charge on any atom is -0.312 e. The van der Waals surface area contributed by atoms with E-state index in [1.807, 2.05) is 6.07 Å². The van der Waals surface area contributed by atoms with Crippen molar-refractivity contribution in [1.29, 1.82) is 0 Å². The Hall–Kier alpha value is -1.13. The fourth-order valence-electron chi connectivity index (χ4n) is 2.66. The Morgan fingerprint density at radius 2 is 2.11 bits per heavy atom. The number of nitrogens with zero attached hydrogens (tertiary/aromatic N) is 1. The van der Waals surface area contributed by atoms with E-state index in [1.54, 1.807) is 0 Å². The van der Waals surface area contributed by atoms with Crippen LogP contribution in [-0.2, 0) is 6.42 Å². The lowest BCUT2D eigenvalue weighted by Gasteiger charge is -2.13. The number of nitrogens with one attached hydrogen (secondary N) is 1. The van der Waals surface area contributed by atoms with E-state index in [0.29, 0.717) is 0 Å². The van der Waals surface area contributed by atoms with Crippen molar-refractivity contribution in [3.8, 4) is 0 Å². The summed E-state index contributed by atoms with van der Waals surface area (Å²) < 4.78 is 1.08. The highest BCUT2D eigenvalue weighted by atomic mass is 32.1. The average molecular weight is 262 g/mol. The van der Waals surface area contributed by atoms with Gasteiger partial charge in [0, 0.05) is 0 Å². The monoisotopic (exact) mass is 262 g/mol. The molecule has 0 atom stereocenters. The zero-order valence-corrected chi connectivity index (χ0v) is 11.3. The molecule has 1 fully saturated rings. The highest BCUT2D eigenvalue weighted by molar-refractivity contribution is 7.16. The number of aromatic nitrogens is 1. The fourth-order valence-corrected chi connectivity index (χ4v) is 3.46. The molecule has 0 amide bonds. The molecule has 3 nitrogen and oxygen atoms in total. The number of hydrogen-bond donors (Lipinski definition) is 1. The van der Waals surface area contributed by atoms with Gasteiger partial charge in [0.25, 0.3) is 0 Å². The summed E-state index contributed by atoms with van der Waals surface area (Å²) >= 11 is 1.30. The normalized spacial score (nSPS) is 16.7. The summed E-state index contributed by atoms with van der Waals surface area (Å²) in [5.74, 6) is 0. The van der Waals surface area contributed by atoms with Crippen molar-refractivity contribution in [1.82, 2.24) is 9.88 Å². The number of likely N-dealkylation sites (tertiary alicyclic amines) is 1. The molecule has 0 bridgehead atoms. The van der Waals surface area contributed by atoms with Crippen LogP contribution in [0.4, 0.5) is 0 Å². The third kappa shape index (κ3) is 2.65. The van der Waals surface area contributed by atoms with Gasteiger partial charge in [-0.1, -0.05) is 17.4 Å². The van der Waals surface area contributed by atoms with Crippen molar-refractivity contribution in [2.45, 2.75) is 25.7 Å². The number of H-pyrrole nitrogens is 1. The fraction of sp³-hybridized carbons (Fsp3) is 0.500. The Kier molecular flexibility index (Phi) is 3.48. The summed E-state index contributed by atoms with van der Waals surface area (Å²) in [6.07, 6.45) is 5.05. The molecule has 96 valence electrons. The SMILES string of the molecule is O=c1[nH]c2ccc(CCCN3CCCC3)cc2s1. The van der Waals surface area contributed by atoms with Crippen LogP contribution in [0, 0.1) is 0 Å². The first kappa shape index (κ1) is 11.9. The minimum absolute atomic E-state index is 0.0409. The number of aromatic amines is 1. The third-order valence-corrected chi connectivity index (χ3v) is 4.47. The van der Waals surface area contributed by atoms with Crippen LogP contribution in [-0.4, -0.2) is 29.5 Å². The van der Waals surface area contributed by atoms with Crippen LogP contribution in [0.25, 0.3) is 10.2 Å². The van der Waals surface area contributed by atoms with E-state index in [-0.39, 0.29) is 4.87 Å². The summed E-state index contributed by atoms with van der Waals surface area (Å²) in [5, 5.41) is 0. The first-order chi connectivity index (χ1) is 8.81. The second kappa shape index (κ2) is 5.24. The van der Waals surface area contributed by atoms with Crippen molar-refractivity contribution < 1.29 is 0 Å². The summed E-state index contributed by atoms with van der Waals surface area (Å²) in [5.41, 5.74) is 2.31. The molecule has 0 radical (unpaired) electrons. The molecule has 2 aromatic rings. The number of thiazole rings is 1. The van der Waals surface area contributed by atoms with Crippen molar-refractivity contribution >= 4 is 21.6 Å². The highest BCUT2D eigenvalue weighted by Gasteiger charge is 2.10. The Morgan fingerprint density at radius 3 is 2.94 bits per heavy atom. The standard InChI is InChI=1S/C14H18N2OS/c17-14-15-12-6-5-11(10-13(12)18-14)4-3-9-16-7-1-2-8-16/h5-6,10H,1-4,7-9H2,(H,15,17). The molecule has 1 aromatic carbocycles. The van der Waals surface area contributed by atoms with Crippen LogP contribution < -0.4 is 4.87 Å². The molecule has 1 aliphatic rings. The Morgan fingerprint density at radius 1 is 1.28 bits per heavy atom. The molecule has 0 unspecified atom stereocenters. The van der Waals surface area contributed by atoms with Gasteiger partial charge in [0.15, 0.2) is 0 Å². The van der Waals surface area contributed by atoms with Gasteiger partial charge in [0.2, 0.25) is 0 Å². The maximum atomic E-state index is 11.2. The Bertz CT molecular complexity index is 581. The molecular weight excluding hydrogens is 244 g/mol. The number of hydrogen-bond acceptors (Lipinski definition) is 3. The van der Waals surface area contributed by atoms with Gasteiger partial charge >= 0.3 is 4.87 Å². The molecule has 2 heterocycles. The van der Waals surface area contributed by atoms with Gasteiger partial charge in [0.05, 0.1) is 10.2 Å². The minimum atomic E-state index is 0.0409. The summed E-state index contributed by atoms with van der Waals surface area (Å²) in [7, 11) is 0. The second-order valence-corrected chi connectivity index (χ2v) is 6.01. The maximum absolute atomic E-state index is 11.2. The Balaban J connectivity index is 1.61. The summed E-state index contributed by atoms with van der Waals surface area (Å²) in [6, 6.07) is 6.31. The van der Waals surface area contributed by atoms with E-state index in [9.17, 15) is 4.79 Å². The topological polar surface area (TPSA) is 36.1 Å². The van der Waals surface area contributed by atoms with Crippen molar-refractivity contribution in [3.05, 3.63) is 33.4 Å². The number of rotatable bonds is 4. The molecule has 0 spiro atoms. The first-order valence-electron chi connectivity index (χ1n) is 6.65. The van der Waals surface area contributed by atoms with Crippen LogP contribution in [0.15, 0.2) is 23.0 Å². The van der Waals surface area contributed by atoms with E-state index in [2.05, 4.69) is 22.0 Å². The van der Waals surface area contributed by atoms with Crippen LogP contribution >= 0.6 is 11.3 Å². The van der Waals surface area contributed by atoms with Gasteiger partial charge in [-0.3, -0.25) is 4.79 Å². The van der Waals surface area contributed by atoms with Gasteiger partial charge in [-0.15, -0.1) is 0 Å². The lowest BCUT2D eigenvalue weighted by atomic mass is 10.1. The van der Waals surface area contributed by atoms with Crippen LogP contribution in [0.5, 0.6) is 0 Å². The summed E-state index contributed by atoms with van der Waals surface area (Å²) in [6.45, 7) is 3.76. The highest BCUT2D eigenvalue weighted by Crippen LogP contribution is 2.17. The van der Waals surface area contributed by atoms with E-state index in [0.717, 1.165) is 16.6 Å². The van der Waals surface area contributed by atoms with Crippen LogP contribution in [0.2, 0.25) is 0 Å². The lowest BCUT2D eigenvalue weighted by molar-refractivity contribution is 0.334. The Labute approximate surface area is 110 Å². The number of fused-ring (bicyclic) bond motifs is 1. The van der Waals surface area contributed by atoms with Gasteiger partial charge in [0.1, 0.15) is 0 Å². The van der Waals surface area contributed by atoms with Crippen molar-refractivity contribution in [2.24, 2.45) is 0 Å². The molecule has 18 heavy (non-hydrogen) atoms. The van der Waals surface area contributed by atoms with Crippen LogP contribution in [0.3, 0.4) is 0 Å². The zero-order valence-electron chi connectivity index (χ0n) is 10.4. The van der Waals surface area contributed by atoms with E-state index >= 15 is 0 Å².